The van der Waals surface area contributed by atoms with E-state index in [1.165, 1.54) is 7.11 Å². The zero-order valence-corrected chi connectivity index (χ0v) is 23.1. The number of benzene rings is 1. The fraction of sp³-hybridized carbons (Fsp3) is 0.500. The number of aliphatic imine (C=N–C) groups is 1. The van der Waals surface area contributed by atoms with Crippen molar-refractivity contribution in [3.05, 3.63) is 49.7 Å². The van der Waals surface area contributed by atoms with Crippen LogP contribution in [0.5, 0.6) is 0 Å². The van der Waals surface area contributed by atoms with E-state index < -0.39 is 11.4 Å². The maximum Gasteiger partial charge on any atom is 0.173 e. The molecule has 6 aliphatic rings. The van der Waals surface area contributed by atoms with Crippen LogP contribution in [-0.2, 0) is 15.9 Å². The predicted octanol–water partition coefficient (Wildman–Crippen LogP) is 3.59. The van der Waals surface area contributed by atoms with Crippen LogP contribution >= 0.6 is 11.6 Å². The second kappa shape index (κ2) is 11.7. The molecular weight excluding hydrogens is 523 g/mol. The van der Waals surface area contributed by atoms with Crippen molar-refractivity contribution in [2.75, 3.05) is 46.0 Å². The lowest BCUT2D eigenvalue weighted by Gasteiger charge is -2.43. The number of nitrogens with one attached hydrogen (secondary N) is 1. The summed E-state index contributed by atoms with van der Waals surface area (Å²) in [6, 6.07) is 1.75. The van der Waals surface area contributed by atoms with Crippen molar-refractivity contribution in [1.29, 1.82) is 0 Å². The van der Waals surface area contributed by atoms with Crippen molar-refractivity contribution < 1.29 is 19.0 Å². The number of fused-ring (bicyclic) bond motifs is 1. The Morgan fingerprint density at radius 3 is 2.97 bits per heavy atom. The molecule has 0 amide bonds. The summed E-state index contributed by atoms with van der Waals surface area (Å²) in [6.07, 6.45) is 7.71. The van der Waals surface area contributed by atoms with Crippen molar-refractivity contribution >= 4 is 41.7 Å². The molecule has 2 N–H and O–H groups in total. The third-order valence-electron chi connectivity index (χ3n) is 7.68. The molecule has 39 heavy (non-hydrogen) atoms. The third-order valence-corrected chi connectivity index (χ3v) is 8.02. The van der Waals surface area contributed by atoms with Gasteiger partial charge in [-0.05, 0) is 62.8 Å². The van der Waals surface area contributed by atoms with E-state index in [2.05, 4.69) is 32.2 Å². The van der Waals surface area contributed by atoms with Crippen molar-refractivity contribution in [3.8, 4) is 0 Å². The van der Waals surface area contributed by atoms with Gasteiger partial charge in [0.05, 0.1) is 35.0 Å². The Labute approximate surface area is 231 Å². The van der Waals surface area contributed by atoms with Gasteiger partial charge in [-0.25, -0.2) is 9.38 Å². The van der Waals surface area contributed by atoms with E-state index in [9.17, 15) is 5.11 Å². The number of anilines is 1. The SMILES string of the molecule is C=N/C1=c2/cn/c(c(F)c2NCOC)=c2\c(c(Cl)cc3c2=CN=N3)CCCOCC2(O)CC(CCCN1C)C2. The van der Waals surface area contributed by atoms with Gasteiger partial charge in [-0.2, -0.15) is 10.2 Å². The largest absolute Gasteiger partial charge is 0.387 e. The van der Waals surface area contributed by atoms with Crippen LogP contribution in [0.2, 0.25) is 5.02 Å². The molecule has 4 bridgehead atoms. The topological polar surface area (TPSA) is 104 Å². The highest BCUT2D eigenvalue weighted by Crippen LogP contribution is 2.40. The molecule has 2 aromatic rings. The maximum atomic E-state index is 16.5. The normalized spacial score (nSPS) is 25.5. The molecule has 0 spiro atoms. The predicted molar refractivity (Wildman–Crippen MR) is 149 cm³/mol. The number of aromatic nitrogens is 1. The zero-order chi connectivity index (χ0) is 27.6. The highest BCUT2D eigenvalue weighted by atomic mass is 35.5. The molecule has 0 unspecified atom stereocenters. The number of azo groups is 1. The number of pyridine rings is 1. The molecular formula is C28H34ClFN6O3. The van der Waals surface area contributed by atoms with E-state index in [0.29, 0.717) is 70.7 Å². The van der Waals surface area contributed by atoms with Gasteiger partial charge in [0.15, 0.2) is 5.82 Å². The lowest BCUT2D eigenvalue weighted by molar-refractivity contribution is -0.126. The summed E-state index contributed by atoms with van der Waals surface area (Å²) in [5.41, 5.74) is 0.754. The molecule has 1 aromatic carbocycles. The Bertz CT molecular complexity index is 1510. The maximum absolute atomic E-state index is 16.5. The molecule has 6 heterocycles. The highest BCUT2D eigenvalue weighted by Gasteiger charge is 2.42. The third kappa shape index (κ3) is 5.56. The van der Waals surface area contributed by atoms with Gasteiger partial charge in [-0.3, -0.25) is 4.98 Å². The van der Waals surface area contributed by atoms with Crippen LogP contribution in [0.25, 0.3) is 12.0 Å². The lowest BCUT2D eigenvalue weighted by atomic mass is 9.69. The monoisotopic (exact) mass is 556 g/mol. The molecule has 8 rings (SSSR count). The van der Waals surface area contributed by atoms with E-state index in [-0.39, 0.29) is 17.8 Å². The Morgan fingerprint density at radius 1 is 1.38 bits per heavy atom. The van der Waals surface area contributed by atoms with E-state index in [1.54, 1.807) is 18.5 Å². The molecule has 0 saturated heterocycles. The average Bonchev–Trinajstić information content (AvgIpc) is 3.35. The van der Waals surface area contributed by atoms with Crippen molar-refractivity contribution in [2.24, 2.45) is 21.1 Å². The van der Waals surface area contributed by atoms with Crippen molar-refractivity contribution in [1.82, 2.24) is 9.88 Å². The highest BCUT2D eigenvalue weighted by molar-refractivity contribution is 6.31. The molecule has 1 fully saturated rings. The van der Waals surface area contributed by atoms with Gasteiger partial charge < -0.3 is 24.8 Å². The summed E-state index contributed by atoms with van der Waals surface area (Å²) in [5.74, 6) is 0.407. The van der Waals surface area contributed by atoms with Gasteiger partial charge in [-0.15, -0.1) is 0 Å². The van der Waals surface area contributed by atoms with Gasteiger partial charge >= 0.3 is 0 Å². The van der Waals surface area contributed by atoms with Crippen molar-refractivity contribution in [3.63, 3.8) is 0 Å². The van der Waals surface area contributed by atoms with E-state index >= 15 is 4.39 Å². The van der Waals surface area contributed by atoms with Crippen LogP contribution < -0.4 is 15.8 Å². The quantitative estimate of drug-likeness (QED) is 0.440. The first-order valence-corrected chi connectivity index (χ1v) is 13.6. The van der Waals surface area contributed by atoms with Gasteiger partial charge in [-0.1, -0.05) is 11.6 Å². The second-order valence-electron chi connectivity index (χ2n) is 10.5. The molecule has 0 atom stereocenters. The van der Waals surface area contributed by atoms with Crippen LogP contribution in [-0.4, -0.2) is 68.0 Å². The van der Waals surface area contributed by atoms with E-state index in [0.717, 1.165) is 31.2 Å². The number of aliphatic hydroxyl groups is 1. The molecule has 1 saturated carbocycles. The summed E-state index contributed by atoms with van der Waals surface area (Å²) >= 11 is 6.73. The average molecular weight is 557 g/mol. The molecule has 11 heteroatoms. The minimum Gasteiger partial charge on any atom is -0.387 e. The number of methoxy groups -OCH3 is 1. The fourth-order valence-corrected chi connectivity index (χ4v) is 6.10. The van der Waals surface area contributed by atoms with Crippen LogP contribution in [0.1, 0.15) is 37.7 Å². The lowest BCUT2D eigenvalue weighted by Crippen LogP contribution is -2.47. The fourth-order valence-electron chi connectivity index (χ4n) is 5.80. The summed E-state index contributed by atoms with van der Waals surface area (Å²) < 4.78 is 27.6. The van der Waals surface area contributed by atoms with Gasteiger partial charge in [0.2, 0.25) is 0 Å². The Morgan fingerprint density at radius 2 is 2.21 bits per heavy atom. The first-order valence-electron chi connectivity index (χ1n) is 13.2. The molecule has 1 aliphatic carbocycles. The first-order chi connectivity index (χ1) is 18.8. The number of hydrogen-bond acceptors (Lipinski definition) is 9. The molecule has 0 radical (unpaired) electrons. The van der Waals surface area contributed by atoms with Crippen LogP contribution in [0.4, 0.5) is 15.8 Å². The number of rotatable bonds is 4. The van der Waals surface area contributed by atoms with Crippen LogP contribution in [0.15, 0.2) is 27.5 Å². The van der Waals surface area contributed by atoms with Crippen LogP contribution in [0, 0.1) is 22.3 Å². The second-order valence-corrected chi connectivity index (χ2v) is 10.9. The molecule has 5 aliphatic heterocycles. The number of nitrogens with zero attached hydrogens (tertiary/aromatic N) is 5. The van der Waals surface area contributed by atoms with Gasteiger partial charge in [0, 0.05) is 49.0 Å². The smallest absolute Gasteiger partial charge is 0.173 e. The van der Waals surface area contributed by atoms with Gasteiger partial charge in [0.1, 0.15) is 17.9 Å². The Hall–Kier alpha value is -2.92. The van der Waals surface area contributed by atoms with E-state index in [4.69, 9.17) is 21.1 Å². The standard InChI is InChI=1S/C28H34ClFN6O3/c1-31-27-20-13-32-26(24(30)25(20)33-16-38-3)23-18(21(29)10-22-19(23)14-34-35-22)7-5-9-39-15-28(37)11-17(12-28)6-4-8-36(27)2/h10,13-14,17,33,37H,1,4-9,11-12,15-16H2,2-3H3/b26-23+,27-20+. The van der Waals surface area contributed by atoms with Gasteiger partial charge in [0.25, 0.3) is 0 Å². The van der Waals surface area contributed by atoms with Crippen molar-refractivity contribution in [2.45, 2.75) is 44.1 Å². The summed E-state index contributed by atoms with van der Waals surface area (Å²) in [7, 11) is 3.44. The minimum atomic E-state index is -0.762. The van der Waals surface area contributed by atoms with Crippen LogP contribution in [0.3, 0.4) is 0 Å². The summed E-state index contributed by atoms with van der Waals surface area (Å²) in [4.78, 5) is 10.8. The first kappa shape index (κ1) is 27.6. The number of ether oxygens (including phenoxy) is 2. The number of halogens is 2. The van der Waals surface area contributed by atoms with E-state index in [1.807, 2.05) is 11.9 Å². The Balaban J connectivity index is 1.74. The summed E-state index contributed by atoms with van der Waals surface area (Å²) in [5, 5.41) is 24.4. The summed E-state index contributed by atoms with van der Waals surface area (Å²) in [6.45, 7) is 5.29. The molecule has 1 aromatic heterocycles. The molecule has 208 valence electrons. The zero-order valence-electron chi connectivity index (χ0n) is 22.3. The number of hydrogen-bond donors (Lipinski definition) is 2. The Kier molecular flexibility index (Phi) is 8.27. The minimum absolute atomic E-state index is 0.0841. The molecule has 9 nitrogen and oxygen atoms in total.